The van der Waals surface area contributed by atoms with Crippen molar-refractivity contribution in [3.63, 3.8) is 0 Å². The number of amides is 1. The minimum atomic E-state index is -0.254. The highest BCUT2D eigenvalue weighted by atomic mass is 16.2. The fraction of sp³-hybridized carbons (Fsp3) is 0.857. The van der Waals surface area contributed by atoms with Crippen LogP contribution in [0.4, 0.5) is 0 Å². The van der Waals surface area contributed by atoms with E-state index in [9.17, 15) is 4.79 Å². The minimum Gasteiger partial charge on any atom is -0.369 e. The van der Waals surface area contributed by atoms with Gasteiger partial charge in [0, 0.05) is 6.54 Å². The highest BCUT2D eigenvalue weighted by Gasteiger charge is 2.36. The Morgan fingerprint density at radius 3 is 2.44 bits per heavy atom. The summed E-state index contributed by atoms with van der Waals surface area (Å²) in [5, 5.41) is 0. The molecule has 2 N–H and O–H groups in total. The molecule has 0 unspecified atom stereocenters. The van der Waals surface area contributed by atoms with E-state index in [1.165, 1.54) is 0 Å². The van der Waals surface area contributed by atoms with E-state index in [2.05, 4.69) is 32.7 Å². The van der Waals surface area contributed by atoms with Crippen LogP contribution in [0.2, 0.25) is 0 Å². The predicted molar refractivity (Wildman–Crippen MR) is 75.3 cm³/mol. The number of guanidine groups is 1. The molecule has 0 aromatic rings. The average molecular weight is 253 g/mol. The lowest BCUT2D eigenvalue weighted by molar-refractivity contribution is -0.129. The Bertz CT molecular complexity index is 319. The quantitative estimate of drug-likeness (QED) is 0.790. The third kappa shape index (κ3) is 3.47. The van der Waals surface area contributed by atoms with Crippen LogP contribution >= 0.6 is 0 Å². The van der Waals surface area contributed by atoms with Crippen molar-refractivity contribution in [3.8, 4) is 0 Å². The predicted octanol–water partition coefficient (Wildman–Crippen LogP) is 2.53. The molecule has 0 saturated heterocycles. The molecule has 0 radical (unpaired) electrons. The smallest absolute Gasteiger partial charge is 0.231 e. The summed E-state index contributed by atoms with van der Waals surface area (Å²) in [5.41, 5.74) is 5.71. The summed E-state index contributed by atoms with van der Waals surface area (Å²) in [7, 11) is 0. The molecule has 0 saturated carbocycles. The van der Waals surface area contributed by atoms with Crippen LogP contribution < -0.4 is 5.73 Å². The number of carbonyl (C=O) groups excluding carboxylic acids is 1. The summed E-state index contributed by atoms with van der Waals surface area (Å²) in [6.07, 6.45) is 4.35. The van der Waals surface area contributed by atoms with Gasteiger partial charge < -0.3 is 5.73 Å². The number of hydrogen-bond donors (Lipinski definition) is 1. The first-order chi connectivity index (χ1) is 8.44. The topological polar surface area (TPSA) is 58.7 Å². The standard InChI is InChI=1S/C14H27N3O/c1-5-14(6-2)10-12(18)17(13(15)16-14)9-7-8-11(3)4/h11H,5-10H2,1-4H3,(H2,15,16). The number of nitrogens with two attached hydrogens (primary N) is 1. The third-order valence-electron chi connectivity index (χ3n) is 3.89. The van der Waals surface area contributed by atoms with Gasteiger partial charge in [-0.3, -0.25) is 9.69 Å². The molecule has 0 bridgehead atoms. The van der Waals surface area contributed by atoms with Crippen molar-refractivity contribution < 1.29 is 4.79 Å². The molecule has 0 aromatic heterocycles. The molecule has 104 valence electrons. The molecule has 1 rings (SSSR count). The molecule has 4 heteroatoms. The van der Waals surface area contributed by atoms with E-state index in [0.717, 1.165) is 25.7 Å². The van der Waals surface area contributed by atoms with Crippen LogP contribution in [0.3, 0.4) is 0 Å². The fourth-order valence-electron chi connectivity index (χ4n) is 2.40. The Labute approximate surface area is 111 Å². The first-order valence-electron chi connectivity index (χ1n) is 7.09. The van der Waals surface area contributed by atoms with Gasteiger partial charge in [0.05, 0.1) is 12.0 Å². The molecule has 0 aliphatic carbocycles. The van der Waals surface area contributed by atoms with Gasteiger partial charge in [-0.25, -0.2) is 4.99 Å². The van der Waals surface area contributed by atoms with Crippen molar-refractivity contribution in [2.75, 3.05) is 6.54 Å². The maximum Gasteiger partial charge on any atom is 0.231 e. The normalized spacial score (nSPS) is 19.3. The summed E-state index contributed by atoms with van der Waals surface area (Å²) in [6, 6.07) is 0. The second-order valence-corrected chi connectivity index (χ2v) is 5.66. The van der Waals surface area contributed by atoms with Gasteiger partial charge in [-0.05, 0) is 31.6 Å². The zero-order valence-corrected chi connectivity index (χ0v) is 12.2. The number of nitrogens with zero attached hydrogens (tertiary/aromatic N) is 2. The summed E-state index contributed by atoms with van der Waals surface area (Å²) in [6.45, 7) is 9.23. The van der Waals surface area contributed by atoms with E-state index < -0.39 is 0 Å². The molecule has 0 aromatic carbocycles. The highest BCUT2D eigenvalue weighted by molar-refractivity contribution is 5.99. The number of carbonyl (C=O) groups is 1. The molecule has 1 aliphatic heterocycles. The first-order valence-corrected chi connectivity index (χ1v) is 7.09. The Balaban J connectivity index is 2.69. The largest absolute Gasteiger partial charge is 0.369 e. The van der Waals surface area contributed by atoms with Gasteiger partial charge in [0.1, 0.15) is 0 Å². The number of rotatable bonds is 6. The molecule has 4 nitrogen and oxygen atoms in total. The number of hydrogen-bond acceptors (Lipinski definition) is 3. The highest BCUT2D eigenvalue weighted by Crippen LogP contribution is 2.29. The van der Waals surface area contributed by atoms with E-state index in [1.54, 1.807) is 4.90 Å². The van der Waals surface area contributed by atoms with Crippen LogP contribution in [0, 0.1) is 5.92 Å². The molecule has 0 spiro atoms. The lowest BCUT2D eigenvalue weighted by Crippen LogP contribution is -2.51. The second-order valence-electron chi connectivity index (χ2n) is 5.66. The van der Waals surface area contributed by atoms with Crippen molar-refractivity contribution >= 4 is 11.9 Å². The van der Waals surface area contributed by atoms with Gasteiger partial charge in [0.2, 0.25) is 5.91 Å². The molecule has 0 atom stereocenters. The van der Waals surface area contributed by atoms with Crippen LogP contribution in [-0.4, -0.2) is 28.9 Å². The van der Waals surface area contributed by atoms with E-state index in [4.69, 9.17) is 5.73 Å². The van der Waals surface area contributed by atoms with Crippen molar-refractivity contribution in [1.82, 2.24) is 4.90 Å². The molecule has 1 amide bonds. The van der Waals surface area contributed by atoms with Crippen LogP contribution in [0.15, 0.2) is 4.99 Å². The van der Waals surface area contributed by atoms with E-state index in [0.29, 0.717) is 24.8 Å². The van der Waals surface area contributed by atoms with Crippen LogP contribution in [0.5, 0.6) is 0 Å². The zero-order valence-electron chi connectivity index (χ0n) is 12.2. The Morgan fingerprint density at radius 1 is 1.39 bits per heavy atom. The van der Waals surface area contributed by atoms with Crippen molar-refractivity contribution in [2.45, 2.75) is 65.3 Å². The van der Waals surface area contributed by atoms with E-state index in [1.807, 2.05) is 0 Å². The van der Waals surface area contributed by atoms with Gasteiger partial charge >= 0.3 is 0 Å². The Morgan fingerprint density at radius 2 is 2.00 bits per heavy atom. The summed E-state index contributed by atoms with van der Waals surface area (Å²) in [5.74, 6) is 1.21. The lowest BCUT2D eigenvalue weighted by Gasteiger charge is -2.36. The van der Waals surface area contributed by atoms with Gasteiger partial charge in [-0.2, -0.15) is 0 Å². The Hall–Kier alpha value is -1.06. The van der Waals surface area contributed by atoms with Crippen molar-refractivity contribution in [1.29, 1.82) is 0 Å². The molecular formula is C14H27N3O. The molecule has 0 fully saturated rings. The monoisotopic (exact) mass is 253 g/mol. The fourth-order valence-corrected chi connectivity index (χ4v) is 2.40. The minimum absolute atomic E-state index is 0.134. The molecule has 1 aliphatic rings. The summed E-state index contributed by atoms with van der Waals surface area (Å²) < 4.78 is 0. The van der Waals surface area contributed by atoms with Gasteiger partial charge in [0.25, 0.3) is 0 Å². The SMILES string of the molecule is CCC1(CC)CC(=O)N(CCCC(C)C)C(N)=N1. The van der Waals surface area contributed by atoms with Crippen LogP contribution in [0.25, 0.3) is 0 Å². The lowest BCUT2D eigenvalue weighted by atomic mass is 9.88. The summed E-state index contributed by atoms with van der Waals surface area (Å²) in [4.78, 5) is 18.4. The van der Waals surface area contributed by atoms with Crippen molar-refractivity contribution in [3.05, 3.63) is 0 Å². The van der Waals surface area contributed by atoms with Crippen molar-refractivity contribution in [2.24, 2.45) is 16.6 Å². The summed E-state index contributed by atoms with van der Waals surface area (Å²) >= 11 is 0. The maximum atomic E-state index is 12.2. The second kappa shape index (κ2) is 6.21. The van der Waals surface area contributed by atoms with Gasteiger partial charge in [-0.1, -0.05) is 27.7 Å². The molecule has 18 heavy (non-hydrogen) atoms. The van der Waals surface area contributed by atoms with E-state index in [-0.39, 0.29) is 11.4 Å². The van der Waals surface area contributed by atoms with Crippen LogP contribution in [-0.2, 0) is 4.79 Å². The van der Waals surface area contributed by atoms with Gasteiger partial charge in [0.15, 0.2) is 5.96 Å². The Kier molecular flexibility index (Phi) is 5.17. The zero-order chi connectivity index (χ0) is 13.8. The third-order valence-corrected chi connectivity index (χ3v) is 3.89. The van der Waals surface area contributed by atoms with E-state index >= 15 is 0 Å². The van der Waals surface area contributed by atoms with Crippen LogP contribution in [0.1, 0.15) is 59.8 Å². The average Bonchev–Trinajstić information content (AvgIpc) is 2.32. The molecular weight excluding hydrogens is 226 g/mol. The molecule has 1 heterocycles. The van der Waals surface area contributed by atoms with Gasteiger partial charge in [-0.15, -0.1) is 0 Å². The first kappa shape index (κ1) is 15.0. The number of aliphatic imine (C=N–C) groups is 1. The maximum absolute atomic E-state index is 12.2.